The van der Waals surface area contributed by atoms with Crippen molar-refractivity contribution in [2.45, 2.75) is 24.8 Å². The second kappa shape index (κ2) is 6.24. The predicted molar refractivity (Wildman–Crippen MR) is 73.7 cm³/mol. The lowest BCUT2D eigenvalue weighted by atomic mass is 9.98. The molecule has 0 saturated carbocycles. The molecule has 1 atom stereocenters. The maximum Gasteiger partial charge on any atom is 0.331 e. The molecule has 1 aromatic carbocycles. The molecule has 0 radical (unpaired) electrons. The van der Waals surface area contributed by atoms with Gasteiger partial charge in [-0.15, -0.1) is 0 Å². The first-order valence-electron chi connectivity index (χ1n) is 6.38. The molecule has 0 bridgehead atoms. The third-order valence-corrected chi connectivity index (χ3v) is 3.62. The number of amides is 1. The summed E-state index contributed by atoms with van der Waals surface area (Å²) in [6.07, 6.45) is 1.07. The quantitative estimate of drug-likeness (QED) is 0.866. The van der Waals surface area contributed by atoms with E-state index in [-0.39, 0.29) is 18.9 Å². The van der Waals surface area contributed by atoms with Gasteiger partial charge in [0, 0.05) is 24.5 Å². The molecule has 1 heterocycles. The zero-order chi connectivity index (χ0) is 14.6. The molecular formula is C14H16ClNO4. The average Bonchev–Trinajstić information content (AvgIpc) is 2.88. The maximum absolute atomic E-state index is 11.9. The van der Waals surface area contributed by atoms with Crippen LogP contribution in [0.25, 0.3) is 0 Å². The minimum Gasteiger partial charge on any atom is -0.479 e. The van der Waals surface area contributed by atoms with Crippen LogP contribution in [0.15, 0.2) is 24.3 Å². The topological polar surface area (TPSA) is 75.6 Å². The molecule has 1 aromatic rings. The van der Waals surface area contributed by atoms with E-state index in [1.165, 1.54) is 0 Å². The van der Waals surface area contributed by atoms with Gasteiger partial charge >= 0.3 is 5.97 Å². The van der Waals surface area contributed by atoms with Crippen LogP contribution < -0.4 is 5.32 Å². The Morgan fingerprint density at radius 1 is 1.35 bits per heavy atom. The van der Waals surface area contributed by atoms with Crippen molar-refractivity contribution in [2.75, 3.05) is 13.2 Å². The lowest BCUT2D eigenvalue weighted by molar-refractivity contribution is -0.147. The lowest BCUT2D eigenvalue weighted by Gasteiger charge is -2.23. The highest BCUT2D eigenvalue weighted by Gasteiger charge is 2.43. The SMILES string of the molecule is O=C(CCc1ccc(Cl)cc1)NC1(C(=O)O)CCOC1. The van der Waals surface area contributed by atoms with Gasteiger partial charge in [-0.25, -0.2) is 4.79 Å². The average molecular weight is 298 g/mol. The number of carboxylic acids is 1. The molecule has 1 unspecified atom stereocenters. The van der Waals surface area contributed by atoms with Crippen LogP contribution in [0.2, 0.25) is 5.02 Å². The van der Waals surface area contributed by atoms with Crippen LogP contribution in [0, 0.1) is 0 Å². The Bertz CT molecular complexity index is 494. The number of carbonyl (C=O) groups excluding carboxylic acids is 1. The van der Waals surface area contributed by atoms with Crippen LogP contribution >= 0.6 is 11.6 Å². The van der Waals surface area contributed by atoms with Crippen LogP contribution in [-0.2, 0) is 20.7 Å². The fraction of sp³-hybridized carbons (Fsp3) is 0.429. The molecule has 108 valence electrons. The molecule has 2 N–H and O–H groups in total. The van der Waals surface area contributed by atoms with Gasteiger partial charge in [0.1, 0.15) is 0 Å². The van der Waals surface area contributed by atoms with Gasteiger partial charge in [-0.1, -0.05) is 23.7 Å². The lowest BCUT2D eigenvalue weighted by Crippen LogP contribution is -2.55. The van der Waals surface area contributed by atoms with E-state index < -0.39 is 11.5 Å². The fourth-order valence-corrected chi connectivity index (χ4v) is 2.25. The minimum absolute atomic E-state index is 0.0228. The van der Waals surface area contributed by atoms with Gasteiger partial charge in [0.05, 0.1) is 6.61 Å². The standard InChI is InChI=1S/C14H16ClNO4/c15-11-4-1-10(2-5-11)3-6-12(17)16-14(13(18)19)7-8-20-9-14/h1-2,4-5H,3,6-9H2,(H,16,17)(H,18,19). The number of rotatable bonds is 5. The van der Waals surface area contributed by atoms with Crippen LogP contribution in [-0.4, -0.2) is 35.7 Å². The molecule has 6 heteroatoms. The third kappa shape index (κ3) is 3.49. The smallest absolute Gasteiger partial charge is 0.331 e. The van der Waals surface area contributed by atoms with E-state index in [9.17, 15) is 14.7 Å². The summed E-state index contributed by atoms with van der Waals surface area (Å²) in [5.74, 6) is -1.33. The molecule has 0 aromatic heterocycles. The number of carbonyl (C=O) groups is 2. The Morgan fingerprint density at radius 3 is 2.60 bits per heavy atom. The number of nitrogens with one attached hydrogen (secondary N) is 1. The summed E-state index contributed by atoms with van der Waals surface area (Å²) in [6, 6.07) is 7.22. The van der Waals surface area contributed by atoms with E-state index in [0.29, 0.717) is 24.5 Å². The number of halogens is 1. The molecule has 1 amide bonds. The van der Waals surface area contributed by atoms with E-state index in [1.807, 2.05) is 12.1 Å². The van der Waals surface area contributed by atoms with Crippen LogP contribution in [0.4, 0.5) is 0 Å². The molecule has 1 fully saturated rings. The number of hydrogen-bond donors (Lipinski definition) is 2. The minimum atomic E-state index is -1.27. The molecule has 0 spiro atoms. The number of hydrogen-bond acceptors (Lipinski definition) is 3. The van der Waals surface area contributed by atoms with E-state index in [2.05, 4.69) is 5.32 Å². The number of carboxylic acid groups (broad SMARTS) is 1. The number of aliphatic carboxylic acids is 1. The summed E-state index contributed by atoms with van der Waals surface area (Å²) in [6.45, 7) is 0.374. The Balaban J connectivity index is 1.89. The van der Waals surface area contributed by atoms with Crippen molar-refractivity contribution < 1.29 is 19.4 Å². The van der Waals surface area contributed by atoms with Gasteiger partial charge < -0.3 is 15.2 Å². The van der Waals surface area contributed by atoms with Crippen LogP contribution in [0.1, 0.15) is 18.4 Å². The van der Waals surface area contributed by atoms with Crippen molar-refractivity contribution in [3.05, 3.63) is 34.9 Å². The highest BCUT2D eigenvalue weighted by atomic mass is 35.5. The largest absolute Gasteiger partial charge is 0.479 e. The van der Waals surface area contributed by atoms with E-state index in [0.717, 1.165) is 5.56 Å². The normalized spacial score (nSPS) is 21.6. The molecule has 2 rings (SSSR count). The number of aryl methyl sites for hydroxylation is 1. The summed E-state index contributed by atoms with van der Waals surface area (Å²) in [5, 5.41) is 12.4. The zero-order valence-corrected chi connectivity index (χ0v) is 11.7. The van der Waals surface area contributed by atoms with Crippen molar-refractivity contribution in [3.8, 4) is 0 Å². The van der Waals surface area contributed by atoms with Gasteiger partial charge in [-0.05, 0) is 24.1 Å². The zero-order valence-electron chi connectivity index (χ0n) is 10.9. The Hall–Kier alpha value is -1.59. The molecule has 5 nitrogen and oxygen atoms in total. The fourth-order valence-electron chi connectivity index (χ4n) is 2.12. The number of benzene rings is 1. The van der Waals surface area contributed by atoms with Gasteiger partial charge in [0.25, 0.3) is 0 Å². The van der Waals surface area contributed by atoms with Crippen molar-refractivity contribution in [3.63, 3.8) is 0 Å². The summed E-state index contributed by atoms with van der Waals surface area (Å²) in [5.41, 5.74) is -0.284. The molecule has 0 aliphatic carbocycles. The Morgan fingerprint density at radius 2 is 2.05 bits per heavy atom. The molecule has 1 saturated heterocycles. The first kappa shape index (κ1) is 14.8. The summed E-state index contributed by atoms with van der Waals surface area (Å²) in [7, 11) is 0. The molecular weight excluding hydrogens is 282 g/mol. The third-order valence-electron chi connectivity index (χ3n) is 3.36. The second-order valence-corrected chi connectivity index (χ2v) is 5.30. The Kier molecular flexibility index (Phi) is 4.62. The van der Waals surface area contributed by atoms with Crippen LogP contribution in [0.3, 0.4) is 0 Å². The van der Waals surface area contributed by atoms with Gasteiger partial charge in [-0.3, -0.25) is 4.79 Å². The van der Waals surface area contributed by atoms with E-state index in [4.69, 9.17) is 16.3 Å². The Labute approximate surface area is 121 Å². The first-order valence-corrected chi connectivity index (χ1v) is 6.76. The predicted octanol–water partition coefficient (Wildman–Crippen LogP) is 1.63. The molecule has 20 heavy (non-hydrogen) atoms. The monoisotopic (exact) mass is 297 g/mol. The van der Waals surface area contributed by atoms with Crippen molar-refractivity contribution >= 4 is 23.5 Å². The van der Waals surface area contributed by atoms with E-state index >= 15 is 0 Å². The van der Waals surface area contributed by atoms with E-state index in [1.54, 1.807) is 12.1 Å². The highest BCUT2D eigenvalue weighted by Crippen LogP contribution is 2.19. The highest BCUT2D eigenvalue weighted by molar-refractivity contribution is 6.30. The van der Waals surface area contributed by atoms with Gasteiger partial charge in [-0.2, -0.15) is 0 Å². The van der Waals surface area contributed by atoms with Crippen LogP contribution in [0.5, 0.6) is 0 Å². The van der Waals surface area contributed by atoms with Crippen molar-refractivity contribution in [2.24, 2.45) is 0 Å². The summed E-state index contributed by atoms with van der Waals surface area (Å²) >= 11 is 5.78. The van der Waals surface area contributed by atoms with Crippen molar-refractivity contribution in [1.29, 1.82) is 0 Å². The second-order valence-electron chi connectivity index (χ2n) is 4.86. The van der Waals surface area contributed by atoms with Gasteiger partial charge in [0.15, 0.2) is 5.54 Å². The molecule has 1 aliphatic rings. The number of ether oxygens (including phenoxy) is 1. The summed E-state index contributed by atoms with van der Waals surface area (Å²) < 4.78 is 5.09. The maximum atomic E-state index is 11.9. The van der Waals surface area contributed by atoms with Crippen molar-refractivity contribution in [1.82, 2.24) is 5.32 Å². The van der Waals surface area contributed by atoms with Gasteiger partial charge in [0.2, 0.25) is 5.91 Å². The summed E-state index contributed by atoms with van der Waals surface area (Å²) in [4.78, 5) is 23.2. The first-order chi connectivity index (χ1) is 9.52. The molecule has 1 aliphatic heterocycles.